The van der Waals surface area contributed by atoms with Gasteiger partial charge in [0.2, 0.25) is 5.91 Å². The van der Waals surface area contributed by atoms with E-state index >= 15 is 0 Å². The third-order valence-corrected chi connectivity index (χ3v) is 3.63. The number of aryl methyl sites for hydroxylation is 2. The van der Waals surface area contributed by atoms with Crippen molar-refractivity contribution in [3.63, 3.8) is 0 Å². The molecule has 1 saturated heterocycles. The van der Waals surface area contributed by atoms with Crippen molar-refractivity contribution in [1.82, 2.24) is 15.8 Å². The highest BCUT2D eigenvalue weighted by Gasteiger charge is 2.23. The molecule has 18 heavy (non-hydrogen) atoms. The Balaban J connectivity index is 1.92. The molecule has 1 aliphatic rings. The first-order valence-electron chi connectivity index (χ1n) is 6.52. The Kier molecular flexibility index (Phi) is 4.01. The maximum atomic E-state index is 12.0. The Morgan fingerprint density at radius 1 is 1.56 bits per heavy atom. The maximum absolute atomic E-state index is 12.0. The predicted octanol–water partition coefficient (Wildman–Crippen LogP) is 1.09. The molecule has 0 radical (unpaired) electrons. The van der Waals surface area contributed by atoms with Gasteiger partial charge in [-0.3, -0.25) is 4.79 Å². The number of piperidine rings is 1. The number of aromatic nitrogens is 1. The standard InChI is InChI=1S/C13H21N3O2/c1-8-11(10(3)18-16-8)7-13(17)15-12-5-4-6-14-9(12)2/h9,12,14H,4-7H2,1-3H3,(H,15,17). The van der Waals surface area contributed by atoms with Gasteiger partial charge in [0.05, 0.1) is 12.1 Å². The Morgan fingerprint density at radius 2 is 2.33 bits per heavy atom. The molecule has 1 aliphatic heterocycles. The van der Waals surface area contributed by atoms with Crippen LogP contribution in [0.5, 0.6) is 0 Å². The van der Waals surface area contributed by atoms with Crippen LogP contribution in [0.4, 0.5) is 0 Å². The van der Waals surface area contributed by atoms with Gasteiger partial charge in [-0.25, -0.2) is 0 Å². The molecule has 1 fully saturated rings. The number of rotatable bonds is 3. The van der Waals surface area contributed by atoms with Gasteiger partial charge < -0.3 is 15.2 Å². The third-order valence-electron chi connectivity index (χ3n) is 3.63. The molecular formula is C13H21N3O2. The zero-order valence-electron chi connectivity index (χ0n) is 11.2. The number of nitrogens with zero attached hydrogens (tertiary/aromatic N) is 1. The smallest absolute Gasteiger partial charge is 0.224 e. The van der Waals surface area contributed by atoms with Gasteiger partial charge in [-0.2, -0.15) is 0 Å². The van der Waals surface area contributed by atoms with Crippen molar-refractivity contribution in [3.05, 3.63) is 17.0 Å². The zero-order valence-corrected chi connectivity index (χ0v) is 11.2. The Bertz CT molecular complexity index is 408. The van der Waals surface area contributed by atoms with E-state index in [1.165, 1.54) is 0 Å². The SMILES string of the molecule is Cc1noc(C)c1CC(=O)NC1CCCNC1C. The van der Waals surface area contributed by atoms with Crippen LogP contribution in [0.15, 0.2) is 4.52 Å². The van der Waals surface area contributed by atoms with Crippen molar-refractivity contribution < 1.29 is 9.32 Å². The van der Waals surface area contributed by atoms with Gasteiger partial charge in [0.15, 0.2) is 0 Å². The van der Waals surface area contributed by atoms with Crippen molar-refractivity contribution in [3.8, 4) is 0 Å². The number of hydrogen-bond donors (Lipinski definition) is 2. The highest BCUT2D eigenvalue weighted by molar-refractivity contribution is 5.79. The number of hydrogen-bond acceptors (Lipinski definition) is 4. The van der Waals surface area contributed by atoms with Crippen molar-refractivity contribution in [2.45, 2.75) is 52.1 Å². The first kappa shape index (κ1) is 13.1. The number of amides is 1. The quantitative estimate of drug-likeness (QED) is 0.844. The first-order valence-corrected chi connectivity index (χ1v) is 6.52. The molecule has 2 unspecified atom stereocenters. The molecule has 0 spiro atoms. The lowest BCUT2D eigenvalue weighted by Gasteiger charge is -2.30. The minimum Gasteiger partial charge on any atom is -0.361 e. The summed E-state index contributed by atoms with van der Waals surface area (Å²) in [6.07, 6.45) is 2.51. The molecule has 1 aromatic rings. The zero-order chi connectivity index (χ0) is 13.1. The van der Waals surface area contributed by atoms with E-state index < -0.39 is 0 Å². The molecule has 1 aromatic heterocycles. The van der Waals surface area contributed by atoms with Gasteiger partial charge in [0.1, 0.15) is 5.76 Å². The van der Waals surface area contributed by atoms with Gasteiger partial charge in [-0.1, -0.05) is 5.16 Å². The molecule has 1 amide bonds. The van der Waals surface area contributed by atoms with Crippen molar-refractivity contribution in [2.75, 3.05) is 6.54 Å². The molecule has 100 valence electrons. The average molecular weight is 251 g/mol. The average Bonchev–Trinajstić information content (AvgIpc) is 2.64. The minimum atomic E-state index is 0.0462. The van der Waals surface area contributed by atoms with Crippen LogP contribution in [0.25, 0.3) is 0 Å². The largest absolute Gasteiger partial charge is 0.361 e. The summed E-state index contributed by atoms with van der Waals surface area (Å²) in [5, 5.41) is 10.3. The molecule has 0 bridgehead atoms. The molecule has 0 aromatic carbocycles. The van der Waals surface area contributed by atoms with Gasteiger partial charge in [0, 0.05) is 17.6 Å². The van der Waals surface area contributed by atoms with Crippen LogP contribution in [0.2, 0.25) is 0 Å². The van der Waals surface area contributed by atoms with E-state index in [1.807, 2.05) is 13.8 Å². The predicted molar refractivity (Wildman–Crippen MR) is 68.3 cm³/mol. The highest BCUT2D eigenvalue weighted by Crippen LogP contribution is 2.14. The lowest BCUT2D eigenvalue weighted by Crippen LogP contribution is -2.52. The van der Waals surface area contributed by atoms with Crippen molar-refractivity contribution in [2.24, 2.45) is 0 Å². The summed E-state index contributed by atoms with van der Waals surface area (Å²) in [4.78, 5) is 12.0. The maximum Gasteiger partial charge on any atom is 0.224 e. The van der Waals surface area contributed by atoms with E-state index in [0.717, 1.165) is 36.4 Å². The van der Waals surface area contributed by atoms with Crippen LogP contribution in [0, 0.1) is 13.8 Å². The molecule has 2 rings (SSSR count). The second kappa shape index (κ2) is 5.52. The first-order chi connectivity index (χ1) is 8.58. The second-order valence-corrected chi connectivity index (χ2v) is 5.04. The summed E-state index contributed by atoms with van der Waals surface area (Å²) in [6.45, 7) is 6.86. The molecule has 0 saturated carbocycles. The molecule has 2 N–H and O–H groups in total. The van der Waals surface area contributed by atoms with Crippen molar-refractivity contribution >= 4 is 5.91 Å². The Hall–Kier alpha value is -1.36. The highest BCUT2D eigenvalue weighted by atomic mass is 16.5. The van der Waals surface area contributed by atoms with E-state index in [4.69, 9.17) is 4.52 Å². The summed E-state index contributed by atoms with van der Waals surface area (Å²) in [7, 11) is 0. The van der Waals surface area contributed by atoms with E-state index in [0.29, 0.717) is 12.5 Å². The molecule has 0 aliphatic carbocycles. The van der Waals surface area contributed by atoms with E-state index in [9.17, 15) is 4.79 Å². The van der Waals surface area contributed by atoms with Gasteiger partial charge in [-0.05, 0) is 40.2 Å². The van der Waals surface area contributed by atoms with Crippen molar-refractivity contribution in [1.29, 1.82) is 0 Å². The third kappa shape index (κ3) is 2.90. The lowest BCUT2D eigenvalue weighted by molar-refractivity contribution is -0.121. The fraction of sp³-hybridized carbons (Fsp3) is 0.692. The number of carbonyl (C=O) groups is 1. The van der Waals surface area contributed by atoms with Crippen LogP contribution >= 0.6 is 0 Å². The normalized spacial score (nSPS) is 23.9. The summed E-state index contributed by atoms with van der Waals surface area (Å²) in [6, 6.07) is 0.569. The summed E-state index contributed by atoms with van der Waals surface area (Å²) in [5.41, 5.74) is 1.71. The number of nitrogens with one attached hydrogen (secondary N) is 2. The van der Waals surface area contributed by atoms with Gasteiger partial charge in [-0.15, -0.1) is 0 Å². The summed E-state index contributed by atoms with van der Waals surface area (Å²) >= 11 is 0. The van der Waals surface area contributed by atoms with E-state index in [-0.39, 0.29) is 11.9 Å². The van der Waals surface area contributed by atoms with E-state index in [1.54, 1.807) is 0 Å². The fourth-order valence-electron chi connectivity index (χ4n) is 2.41. The molecular weight excluding hydrogens is 230 g/mol. The summed E-state index contributed by atoms with van der Waals surface area (Å²) < 4.78 is 5.06. The molecule has 2 atom stereocenters. The van der Waals surface area contributed by atoms with Crippen LogP contribution in [-0.2, 0) is 11.2 Å². The van der Waals surface area contributed by atoms with Crippen LogP contribution in [0.3, 0.4) is 0 Å². The second-order valence-electron chi connectivity index (χ2n) is 5.04. The monoisotopic (exact) mass is 251 g/mol. The molecule has 2 heterocycles. The van der Waals surface area contributed by atoms with Crippen LogP contribution in [0.1, 0.15) is 36.8 Å². The topological polar surface area (TPSA) is 67.2 Å². The van der Waals surface area contributed by atoms with E-state index in [2.05, 4.69) is 22.7 Å². The minimum absolute atomic E-state index is 0.0462. The molecule has 5 nitrogen and oxygen atoms in total. The van der Waals surface area contributed by atoms with Gasteiger partial charge in [0.25, 0.3) is 0 Å². The summed E-state index contributed by atoms with van der Waals surface area (Å²) in [5.74, 6) is 0.780. The Morgan fingerprint density at radius 3 is 2.94 bits per heavy atom. The lowest BCUT2D eigenvalue weighted by atomic mass is 9.99. The Labute approximate surface area is 107 Å². The van der Waals surface area contributed by atoms with Crippen LogP contribution in [-0.4, -0.2) is 29.7 Å². The molecule has 5 heteroatoms. The fourth-order valence-corrected chi connectivity index (χ4v) is 2.41. The number of carbonyl (C=O) groups excluding carboxylic acids is 1. The van der Waals surface area contributed by atoms with Crippen LogP contribution < -0.4 is 10.6 Å². The van der Waals surface area contributed by atoms with Gasteiger partial charge >= 0.3 is 0 Å².